The number of piperidine rings is 1. The summed E-state index contributed by atoms with van der Waals surface area (Å²) < 4.78 is 0. The Morgan fingerprint density at radius 1 is 1.23 bits per heavy atom. The summed E-state index contributed by atoms with van der Waals surface area (Å²) in [5, 5.41) is 3.00. The molecule has 1 saturated heterocycles. The highest BCUT2D eigenvalue weighted by Crippen LogP contribution is 2.25. The van der Waals surface area contributed by atoms with Crippen LogP contribution in [0.15, 0.2) is 24.3 Å². The van der Waals surface area contributed by atoms with E-state index in [0.717, 1.165) is 48.3 Å². The Hall–Kier alpha value is -2.43. The molecule has 0 aliphatic carbocycles. The molecule has 2 aromatic rings. The second-order valence-corrected chi connectivity index (χ2v) is 7.15. The fourth-order valence-corrected chi connectivity index (χ4v) is 3.56. The molecule has 1 unspecified atom stereocenters. The van der Waals surface area contributed by atoms with Gasteiger partial charge in [0, 0.05) is 24.0 Å². The number of rotatable bonds is 4. The maximum atomic E-state index is 12.8. The van der Waals surface area contributed by atoms with Gasteiger partial charge in [0.25, 0.3) is 5.91 Å². The SMILES string of the molecule is CCC1CCCCN1c1nc(C)cc(C(=O)Nc2cccc(C)c2C)n1. The molecule has 0 spiro atoms. The van der Waals surface area contributed by atoms with E-state index in [4.69, 9.17) is 0 Å². The molecular formula is C21H28N4O. The number of nitrogens with one attached hydrogen (secondary N) is 1. The van der Waals surface area contributed by atoms with Gasteiger partial charge in [-0.15, -0.1) is 0 Å². The van der Waals surface area contributed by atoms with Crippen LogP contribution in [0.5, 0.6) is 0 Å². The normalized spacial score (nSPS) is 17.2. The molecule has 138 valence electrons. The number of carbonyl (C=O) groups is 1. The molecule has 1 amide bonds. The zero-order valence-corrected chi connectivity index (χ0v) is 16.2. The van der Waals surface area contributed by atoms with E-state index in [1.54, 1.807) is 6.07 Å². The van der Waals surface area contributed by atoms with Crippen molar-refractivity contribution >= 4 is 17.5 Å². The molecular weight excluding hydrogens is 324 g/mol. The molecule has 5 heteroatoms. The molecule has 1 aromatic heterocycles. The van der Waals surface area contributed by atoms with E-state index in [2.05, 4.69) is 27.1 Å². The minimum Gasteiger partial charge on any atom is -0.338 e. The Kier molecular flexibility index (Phi) is 5.55. The number of hydrogen-bond acceptors (Lipinski definition) is 4. The van der Waals surface area contributed by atoms with Crippen molar-refractivity contribution in [2.45, 2.75) is 59.4 Å². The van der Waals surface area contributed by atoms with Crippen LogP contribution in [0.2, 0.25) is 0 Å². The molecule has 26 heavy (non-hydrogen) atoms. The number of anilines is 2. The van der Waals surface area contributed by atoms with Crippen LogP contribution in [0.3, 0.4) is 0 Å². The monoisotopic (exact) mass is 352 g/mol. The lowest BCUT2D eigenvalue weighted by atomic mass is 10.0. The highest BCUT2D eigenvalue weighted by Gasteiger charge is 2.24. The summed E-state index contributed by atoms with van der Waals surface area (Å²) in [7, 11) is 0. The number of carbonyl (C=O) groups excluding carboxylic acids is 1. The summed E-state index contributed by atoms with van der Waals surface area (Å²) in [5.74, 6) is 0.498. The lowest BCUT2D eigenvalue weighted by Gasteiger charge is -2.35. The lowest BCUT2D eigenvalue weighted by Crippen LogP contribution is -2.40. The summed E-state index contributed by atoms with van der Waals surface area (Å²) in [6.45, 7) is 9.14. The van der Waals surface area contributed by atoms with Gasteiger partial charge in [-0.2, -0.15) is 0 Å². The summed E-state index contributed by atoms with van der Waals surface area (Å²) in [4.78, 5) is 24.3. The second-order valence-electron chi connectivity index (χ2n) is 7.15. The fourth-order valence-electron chi connectivity index (χ4n) is 3.56. The van der Waals surface area contributed by atoms with Gasteiger partial charge in [0.05, 0.1) is 0 Å². The van der Waals surface area contributed by atoms with Crippen molar-refractivity contribution < 1.29 is 4.79 Å². The number of aromatic nitrogens is 2. The molecule has 0 bridgehead atoms. The lowest BCUT2D eigenvalue weighted by molar-refractivity contribution is 0.102. The van der Waals surface area contributed by atoms with E-state index in [-0.39, 0.29) is 5.91 Å². The van der Waals surface area contributed by atoms with Crippen LogP contribution < -0.4 is 10.2 Å². The number of nitrogens with zero attached hydrogens (tertiary/aromatic N) is 3. The van der Waals surface area contributed by atoms with Crippen molar-refractivity contribution in [3.8, 4) is 0 Å². The third kappa shape index (κ3) is 3.87. The van der Waals surface area contributed by atoms with Crippen LogP contribution in [0.25, 0.3) is 0 Å². The summed E-state index contributed by atoms with van der Waals surface area (Å²) in [6.07, 6.45) is 4.64. The smallest absolute Gasteiger partial charge is 0.274 e. The minimum absolute atomic E-state index is 0.185. The predicted molar refractivity (Wildman–Crippen MR) is 106 cm³/mol. The zero-order chi connectivity index (χ0) is 18.7. The molecule has 1 N–H and O–H groups in total. The van der Waals surface area contributed by atoms with Gasteiger partial charge in [-0.25, -0.2) is 9.97 Å². The Bertz CT molecular complexity index is 803. The molecule has 0 radical (unpaired) electrons. The molecule has 0 saturated carbocycles. The van der Waals surface area contributed by atoms with Gasteiger partial charge in [0.2, 0.25) is 5.95 Å². The Morgan fingerprint density at radius 3 is 2.81 bits per heavy atom. The Morgan fingerprint density at radius 2 is 2.04 bits per heavy atom. The van der Waals surface area contributed by atoms with Crippen molar-refractivity contribution in [3.63, 3.8) is 0 Å². The average Bonchev–Trinajstić information content (AvgIpc) is 2.64. The van der Waals surface area contributed by atoms with E-state index >= 15 is 0 Å². The molecule has 1 aliphatic rings. The molecule has 5 nitrogen and oxygen atoms in total. The quantitative estimate of drug-likeness (QED) is 0.885. The van der Waals surface area contributed by atoms with Crippen LogP contribution in [-0.4, -0.2) is 28.5 Å². The standard InChI is InChI=1S/C21H28N4O/c1-5-17-10-6-7-12-25(17)21-22-15(3)13-19(24-21)20(26)23-18-11-8-9-14(2)16(18)4/h8-9,11,13,17H,5-7,10,12H2,1-4H3,(H,23,26). The fraction of sp³-hybridized carbons (Fsp3) is 0.476. The third-order valence-electron chi connectivity index (χ3n) is 5.28. The van der Waals surface area contributed by atoms with E-state index in [0.29, 0.717) is 17.7 Å². The van der Waals surface area contributed by atoms with E-state index in [1.165, 1.54) is 6.42 Å². The molecule has 1 aromatic carbocycles. The van der Waals surface area contributed by atoms with Crippen LogP contribution in [-0.2, 0) is 0 Å². The Balaban J connectivity index is 1.87. The summed E-state index contributed by atoms with van der Waals surface area (Å²) in [5.41, 5.74) is 4.31. The first-order valence-electron chi connectivity index (χ1n) is 9.49. The average molecular weight is 352 g/mol. The number of benzene rings is 1. The van der Waals surface area contributed by atoms with Gasteiger partial charge in [-0.3, -0.25) is 4.79 Å². The largest absolute Gasteiger partial charge is 0.338 e. The number of hydrogen-bond donors (Lipinski definition) is 1. The maximum absolute atomic E-state index is 12.8. The minimum atomic E-state index is -0.185. The first-order valence-corrected chi connectivity index (χ1v) is 9.49. The summed E-state index contributed by atoms with van der Waals surface area (Å²) >= 11 is 0. The first-order chi connectivity index (χ1) is 12.5. The third-order valence-corrected chi connectivity index (χ3v) is 5.28. The van der Waals surface area contributed by atoms with Crippen LogP contribution >= 0.6 is 0 Å². The van der Waals surface area contributed by atoms with Crippen molar-refractivity contribution in [2.24, 2.45) is 0 Å². The molecule has 2 heterocycles. The maximum Gasteiger partial charge on any atom is 0.274 e. The summed E-state index contributed by atoms with van der Waals surface area (Å²) in [6, 6.07) is 8.13. The highest BCUT2D eigenvalue weighted by atomic mass is 16.1. The van der Waals surface area contributed by atoms with Gasteiger partial charge >= 0.3 is 0 Å². The van der Waals surface area contributed by atoms with E-state index < -0.39 is 0 Å². The molecule has 1 fully saturated rings. The van der Waals surface area contributed by atoms with Crippen molar-refractivity contribution in [3.05, 3.63) is 46.8 Å². The van der Waals surface area contributed by atoms with Crippen LogP contribution in [0.1, 0.15) is 59.9 Å². The first kappa shape index (κ1) is 18.4. The molecule has 3 rings (SSSR count). The molecule has 1 atom stereocenters. The van der Waals surface area contributed by atoms with Gasteiger partial charge in [0.1, 0.15) is 5.69 Å². The zero-order valence-electron chi connectivity index (χ0n) is 16.2. The van der Waals surface area contributed by atoms with Gasteiger partial charge in [0.15, 0.2) is 0 Å². The second kappa shape index (κ2) is 7.85. The number of aryl methyl sites for hydroxylation is 2. The van der Waals surface area contributed by atoms with E-state index in [9.17, 15) is 4.79 Å². The van der Waals surface area contributed by atoms with E-state index in [1.807, 2.05) is 39.0 Å². The van der Waals surface area contributed by atoms with Gasteiger partial charge in [-0.1, -0.05) is 19.1 Å². The van der Waals surface area contributed by atoms with Crippen molar-refractivity contribution in [2.75, 3.05) is 16.8 Å². The van der Waals surface area contributed by atoms with Crippen LogP contribution in [0, 0.1) is 20.8 Å². The van der Waals surface area contributed by atoms with Crippen molar-refractivity contribution in [1.82, 2.24) is 9.97 Å². The molecule has 1 aliphatic heterocycles. The Labute approximate surface area is 155 Å². The number of amides is 1. The highest BCUT2D eigenvalue weighted by molar-refractivity contribution is 6.03. The van der Waals surface area contributed by atoms with Gasteiger partial charge < -0.3 is 10.2 Å². The van der Waals surface area contributed by atoms with Crippen molar-refractivity contribution in [1.29, 1.82) is 0 Å². The topological polar surface area (TPSA) is 58.1 Å². The van der Waals surface area contributed by atoms with Crippen LogP contribution in [0.4, 0.5) is 11.6 Å². The van der Waals surface area contributed by atoms with Gasteiger partial charge in [-0.05, 0) is 69.7 Å². The predicted octanol–water partition coefficient (Wildman–Crippen LogP) is 4.42.